The largest absolute Gasteiger partial charge is 0.380 e. The summed E-state index contributed by atoms with van der Waals surface area (Å²) in [6.45, 7) is 8.86. The van der Waals surface area contributed by atoms with Crippen molar-refractivity contribution in [2.75, 3.05) is 31.6 Å². The van der Waals surface area contributed by atoms with Crippen LogP contribution >= 0.6 is 0 Å². The van der Waals surface area contributed by atoms with Crippen molar-refractivity contribution in [2.24, 2.45) is 10.8 Å². The van der Waals surface area contributed by atoms with Crippen LogP contribution in [0.5, 0.6) is 0 Å². The molecule has 1 saturated carbocycles. The average molecular weight is 462 g/mol. The zero-order valence-electron chi connectivity index (χ0n) is 21.2. The number of likely N-dealkylation sites (tertiary alicyclic amines) is 1. The van der Waals surface area contributed by atoms with Crippen molar-refractivity contribution in [3.05, 3.63) is 59.4 Å². The number of carbonyl (C=O) groups excluding carboxylic acids is 1. The molecule has 0 bridgehead atoms. The molecule has 1 aromatic carbocycles. The molecule has 3 fully saturated rings. The van der Waals surface area contributed by atoms with Gasteiger partial charge in [0.05, 0.1) is 17.3 Å². The van der Waals surface area contributed by atoms with Gasteiger partial charge in [0, 0.05) is 36.8 Å². The highest BCUT2D eigenvalue weighted by atomic mass is 16.3. The van der Waals surface area contributed by atoms with E-state index in [4.69, 9.17) is 0 Å². The van der Waals surface area contributed by atoms with Gasteiger partial charge in [-0.2, -0.15) is 0 Å². The van der Waals surface area contributed by atoms with E-state index in [0.29, 0.717) is 5.92 Å². The second-order valence-electron chi connectivity index (χ2n) is 11.7. The number of rotatable bonds is 5. The molecule has 5 heteroatoms. The van der Waals surface area contributed by atoms with E-state index >= 15 is 0 Å². The molecule has 3 aliphatic rings. The fourth-order valence-electron chi connectivity index (χ4n) is 6.88. The molecule has 1 amide bonds. The maximum absolute atomic E-state index is 13.6. The molecule has 3 heterocycles. The fraction of sp³-hybridized carbons (Fsp3) is 0.586. The Morgan fingerprint density at radius 1 is 1.00 bits per heavy atom. The Hall–Kier alpha value is -2.24. The lowest BCUT2D eigenvalue weighted by Crippen LogP contribution is -2.63. The Morgan fingerprint density at radius 3 is 2.29 bits per heavy atom. The van der Waals surface area contributed by atoms with E-state index in [0.717, 1.165) is 68.6 Å². The lowest BCUT2D eigenvalue weighted by atomic mass is 9.62. The zero-order chi connectivity index (χ0) is 24.1. The summed E-state index contributed by atoms with van der Waals surface area (Å²) in [7, 11) is 2.09. The summed E-state index contributed by atoms with van der Waals surface area (Å²) in [5.74, 6) is 0.691. The lowest BCUT2D eigenvalue weighted by molar-refractivity contribution is -0.128. The number of hydrogen-bond acceptors (Lipinski definition) is 4. The van der Waals surface area contributed by atoms with Crippen LogP contribution in [-0.2, 0) is 10.4 Å². The highest BCUT2D eigenvalue weighted by Gasteiger charge is 2.55. The number of anilines is 1. The SMILES string of the molecule is CC(C)c1ccc([C@](O)(c2cncc(N3CCC4(CCCCC4)C3=O)c2)C2(C)CN(C)C2)cc1. The predicted molar refractivity (Wildman–Crippen MR) is 136 cm³/mol. The number of aliphatic hydroxyl groups is 1. The van der Waals surface area contributed by atoms with Crippen molar-refractivity contribution in [2.45, 2.75) is 70.8 Å². The van der Waals surface area contributed by atoms with Gasteiger partial charge in [-0.3, -0.25) is 9.78 Å². The second-order valence-corrected chi connectivity index (χ2v) is 11.7. The van der Waals surface area contributed by atoms with Gasteiger partial charge in [-0.1, -0.05) is 64.3 Å². The van der Waals surface area contributed by atoms with Gasteiger partial charge in [-0.15, -0.1) is 0 Å². The molecule has 1 N–H and O–H groups in total. The van der Waals surface area contributed by atoms with Crippen LogP contribution in [0, 0.1) is 10.8 Å². The van der Waals surface area contributed by atoms with Crippen LogP contribution in [0.1, 0.15) is 81.9 Å². The molecule has 1 atom stereocenters. The van der Waals surface area contributed by atoms with Crippen LogP contribution in [0.4, 0.5) is 5.69 Å². The Bertz CT molecular complexity index is 1050. The summed E-state index contributed by atoms with van der Waals surface area (Å²) in [5, 5.41) is 12.5. The fourth-order valence-corrected chi connectivity index (χ4v) is 6.88. The Balaban J connectivity index is 1.53. The van der Waals surface area contributed by atoms with Crippen LogP contribution in [-0.4, -0.2) is 47.6 Å². The van der Waals surface area contributed by atoms with E-state index in [1.807, 2.05) is 11.0 Å². The molecule has 0 radical (unpaired) electrons. The first kappa shape index (κ1) is 23.5. The summed E-state index contributed by atoms with van der Waals surface area (Å²) >= 11 is 0. The van der Waals surface area contributed by atoms with Crippen molar-refractivity contribution in [3.63, 3.8) is 0 Å². The van der Waals surface area contributed by atoms with Gasteiger partial charge in [0.15, 0.2) is 0 Å². The van der Waals surface area contributed by atoms with Gasteiger partial charge in [0.25, 0.3) is 0 Å². The third-order valence-corrected chi connectivity index (χ3v) is 8.88. The van der Waals surface area contributed by atoms with Gasteiger partial charge >= 0.3 is 0 Å². The Kier molecular flexibility index (Phi) is 5.84. The minimum atomic E-state index is -1.19. The van der Waals surface area contributed by atoms with Crippen LogP contribution < -0.4 is 4.90 Å². The summed E-state index contributed by atoms with van der Waals surface area (Å²) in [5.41, 5.74) is 2.02. The van der Waals surface area contributed by atoms with Crippen molar-refractivity contribution in [3.8, 4) is 0 Å². The highest BCUT2D eigenvalue weighted by molar-refractivity contribution is 5.99. The normalized spacial score (nSPS) is 23.8. The first-order valence-corrected chi connectivity index (χ1v) is 13.0. The summed E-state index contributed by atoms with van der Waals surface area (Å²) < 4.78 is 0. The number of benzene rings is 1. The van der Waals surface area contributed by atoms with Crippen molar-refractivity contribution >= 4 is 11.6 Å². The second kappa shape index (κ2) is 8.46. The molecule has 0 unspecified atom stereocenters. The number of aromatic nitrogens is 1. The molecular formula is C29H39N3O2. The standard InChI is InChI=1S/C29H39N3O2/c1-21(2)22-8-10-23(11-9-22)29(34,27(3)19-31(4)20-27)24-16-25(18-30-17-24)32-15-14-28(26(32)33)12-6-5-7-13-28/h8-11,16-18,21,34H,5-7,12-15,19-20H2,1-4H3/t29-/m0/s1. The van der Waals surface area contributed by atoms with Crippen LogP contribution in [0.2, 0.25) is 0 Å². The average Bonchev–Trinajstić information content (AvgIpc) is 3.13. The highest BCUT2D eigenvalue weighted by Crippen LogP contribution is 2.51. The smallest absolute Gasteiger partial charge is 0.233 e. The maximum atomic E-state index is 13.6. The first-order valence-electron chi connectivity index (χ1n) is 13.0. The number of hydrogen-bond donors (Lipinski definition) is 1. The minimum absolute atomic E-state index is 0.181. The van der Waals surface area contributed by atoms with Gasteiger partial charge in [0.1, 0.15) is 5.60 Å². The van der Waals surface area contributed by atoms with Gasteiger partial charge in [-0.25, -0.2) is 0 Å². The number of nitrogens with zero attached hydrogens (tertiary/aromatic N) is 3. The third-order valence-electron chi connectivity index (χ3n) is 8.88. The van der Waals surface area contributed by atoms with E-state index in [9.17, 15) is 9.90 Å². The van der Waals surface area contributed by atoms with Gasteiger partial charge in [0.2, 0.25) is 5.91 Å². The molecule has 5 rings (SSSR count). The van der Waals surface area contributed by atoms with Crippen LogP contribution in [0.3, 0.4) is 0 Å². The Labute approximate surface area is 204 Å². The van der Waals surface area contributed by atoms with E-state index < -0.39 is 5.60 Å². The minimum Gasteiger partial charge on any atom is -0.380 e. The topological polar surface area (TPSA) is 56.7 Å². The maximum Gasteiger partial charge on any atom is 0.233 e. The quantitative estimate of drug-likeness (QED) is 0.675. The van der Waals surface area contributed by atoms with E-state index in [1.54, 1.807) is 12.4 Å². The van der Waals surface area contributed by atoms with E-state index in [1.165, 1.54) is 12.0 Å². The molecule has 1 aliphatic carbocycles. The lowest BCUT2D eigenvalue weighted by Gasteiger charge is -2.56. The van der Waals surface area contributed by atoms with E-state index in [-0.39, 0.29) is 16.7 Å². The van der Waals surface area contributed by atoms with Crippen LogP contribution in [0.15, 0.2) is 42.7 Å². The number of pyridine rings is 1. The van der Waals surface area contributed by atoms with Gasteiger partial charge in [-0.05, 0) is 49.4 Å². The molecule has 2 saturated heterocycles. The molecule has 1 aromatic heterocycles. The summed E-state index contributed by atoms with van der Waals surface area (Å²) in [6.07, 6.45) is 10.1. The zero-order valence-corrected chi connectivity index (χ0v) is 21.2. The third kappa shape index (κ3) is 3.59. The Morgan fingerprint density at radius 2 is 1.68 bits per heavy atom. The monoisotopic (exact) mass is 461 g/mol. The molecule has 34 heavy (non-hydrogen) atoms. The number of carbonyl (C=O) groups is 1. The number of amides is 1. The van der Waals surface area contributed by atoms with Crippen molar-refractivity contribution < 1.29 is 9.90 Å². The molecule has 2 aliphatic heterocycles. The summed E-state index contributed by atoms with van der Waals surface area (Å²) in [6, 6.07) is 10.4. The molecule has 1 spiro atoms. The van der Waals surface area contributed by atoms with E-state index in [2.05, 4.69) is 62.0 Å². The van der Waals surface area contributed by atoms with Crippen LogP contribution in [0.25, 0.3) is 0 Å². The first-order chi connectivity index (χ1) is 16.2. The van der Waals surface area contributed by atoms with Crippen molar-refractivity contribution in [1.29, 1.82) is 0 Å². The molecular weight excluding hydrogens is 422 g/mol. The molecule has 2 aromatic rings. The predicted octanol–water partition coefficient (Wildman–Crippen LogP) is 5.08. The summed E-state index contributed by atoms with van der Waals surface area (Å²) in [4.78, 5) is 22.3. The van der Waals surface area contributed by atoms with Crippen molar-refractivity contribution in [1.82, 2.24) is 9.88 Å². The molecule has 5 nitrogen and oxygen atoms in total. The van der Waals surface area contributed by atoms with Gasteiger partial charge < -0.3 is 14.9 Å². The molecule has 182 valence electrons.